The van der Waals surface area contributed by atoms with Crippen molar-refractivity contribution in [3.63, 3.8) is 0 Å². The number of thiazole rings is 1. The smallest absolute Gasteiger partial charge is 0.226 e. The molecule has 1 spiro atoms. The van der Waals surface area contributed by atoms with Crippen molar-refractivity contribution in [2.24, 2.45) is 5.92 Å². The molecule has 1 amide bonds. The predicted molar refractivity (Wildman–Crippen MR) is 107 cm³/mol. The Balaban J connectivity index is 1.43. The molecule has 2 aliphatic heterocycles. The van der Waals surface area contributed by atoms with Crippen molar-refractivity contribution in [1.29, 1.82) is 0 Å². The number of benzene rings is 1. The Morgan fingerprint density at radius 2 is 2.18 bits per heavy atom. The molecule has 0 bridgehead atoms. The number of nitrogens with zero attached hydrogens (tertiary/aromatic N) is 3. The van der Waals surface area contributed by atoms with Crippen molar-refractivity contribution in [3.8, 4) is 0 Å². The second-order valence-electron chi connectivity index (χ2n) is 8.00. The number of hydrogen-bond donors (Lipinski definition) is 0. The number of amides is 1. The second-order valence-corrected chi connectivity index (χ2v) is 8.72. The number of hydrogen-bond acceptors (Lipinski definition) is 5. The van der Waals surface area contributed by atoms with E-state index < -0.39 is 0 Å². The molecule has 4 rings (SSSR count). The zero-order valence-corrected chi connectivity index (χ0v) is 17.2. The zero-order chi connectivity index (χ0) is 19.7. The lowest BCUT2D eigenvalue weighted by Crippen LogP contribution is -2.46. The van der Waals surface area contributed by atoms with Crippen LogP contribution in [-0.4, -0.2) is 54.4 Å². The molecule has 1 saturated heterocycles. The van der Waals surface area contributed by atoms with Crippen LogP contribution < -0.4 is 0 Å². The normalized spacial score (nSPS) is 19.5. The van der Waals surface area contributed by atoms with Gasteiger partial charge in [0.15, 0.2) is 0 Å². The first-order chi connectivity index (χ1) is 13.5. The van der Waals surface area contributed by atoms with Gasteiger partial charge in [-0.2, -0.15) is 0 Å². The van der Waals surface area contributed by atoms with Crippen LogP contribution in [0.15, 0.2) is 29.1 Å². The third kappa shape index (κ3) is 3.83. The van der Waals surface area contributed by atoms with E-state index in [1.165, 1.54) is 6.07 Å². The van der Waals surface area contributed by atoms with Crippen LogP contribution in [0, 0.1) is 11.7 Å². The molecule has 0 aliphatic carbocycles. The molecule has 1 unspecified atom stereocenters. The molecule has 1 aromatic heterocycles. The molecule has 2 aromatic rings. The monoisotopic (exact) mass is 403 g/mol. The molecule has 5 nitrogen and oxygen atoms in total. The van der Waals surface area contributed by atoms with Gasteiger partial charge in [-0.3, -0.25) is 4.79 Å². The summed E-state index contributed by atoms with van der Waals surface area (Å²) in [7, 11) is 3.61. The third-order valence-electron chi connectivity index (χ3n) is 5.94. The molecule has 0 saturated carbocycles. The van der Waals surface area contributed by atoms with Gasteiger partial charge in [-0.25, -0.2) is 9.37 Å². The van der Waals surface area contributed by atoms with Gasteiger partial charge in [0, 0.05) is 45.5 Å². The SMILES string of the molecule is CN(C)C(=O)C(Cc1cscn1)CN1CCC2(CC1)OCc1ccc(F)cc12. The highest BCUT2D eigenvalue weighted by Crippen LogP contribution is 2.44. The average Bonchev–Trinajstić information content (AvgIpc) is 3.31. The Kier molecular flexibility index (Phi) is 5.49. The fourth-order valence-electron chi connectivity index (χ4n) is 4.40. The average molecular weight is 404 g/mol. The van der Waals surface area contributed by atoms with Gasteiger partial charge in [0.2, 0.25) is 5.91 Å². The van der Waals surface area contributed by atoms with Gasteiger partial charge < -0.3 is 14.5 Å². The molecule has 0 N–H and O–H groups in total. The summed E-state index contributed by atoms with van der Waals surface area (Å²) in [6.07, 6.45) is 2.30. The lowest BCUT2D eigenvalue weighted by atomic mass is 9.83. The van der Waals surface area contributed by atoms with E-state index in [1.54, 1.807) is 36.4 Å². The minimum absolute atomic E-state index is 0.111. The summed E-state index contributed by atoms with van der Waals surface area (Å²) in [5, 5.41) is 2.01. The van der Waals surface area contributed by atoms with Gasteiger partial charge >= 0.3 is 0 Å². The number of piperidine rings is 1. The molecule has 0 radical (unpaired) electrons. The minimum atomic E-state index is -0.371. The number of carbonyl (C=O) groups is 1. The first-order valence-electron chi connectivity index (χ1n) is 9.70. The maximum atomic E-state index is 13.8. The van der Waals surface area contributed by atoms with Crippen LogP contribution in [0.4, 0.5) is 4.39 Å². The van der Waals surface area contributed by atoms with E-state index in [9.17, 15) is 9.18 Å². The van der Waals surface area contributed by atoms with Gasteiger partial charge in [-0.1, -0.05) is 6.07 Å². The van der Waals surface area contributed by atoms with E-state index in [0.29, 0.717) is 19.6 Å². The van der Waals surface area contributed by atoms with Crippen LogP contribution >= 0.6 is 11.3 Å². The molecule has 2 aliphatic rings. The van der Waals surface area contributed by atoms with Gasteiger partial charge in [-0.15, -0.1) is 11.3 Å². The van der Waals surface area contributed by atoms with Gasteiger partial charge in [0.05, 0.1) is 29.3 Å². The second kappa shape index (κ2) is 7.89. The number of rotatable bonds is 5. The molecule has 3 heterocycles. The maximum absolute atomic E-state index is 13.8. The first kappa shape index (κ1) is 19.5. The zero-order valence-electron chi connectivity index (χ0n) is 16.4. The van der Waals surface area contributed by atoms with Gasteiger partial charge in [0.25, 0.3) is 0 Å². The topological polar surface area (TPSA) is 45.7 Å². The Labute approximate surface area is 169 Å². The first-order valence-corrected chi connectivity index (χ1v) is 10.6. The lowest BCUT2D eigenvalue weighted by Gasteiger charge is -2.40. The largest absolute Gasteiger partial charge is 0.365 e. The lowest BCUT2D eigenvalue weighted by molar-refractivity contribution is -0.134. The summed E-state index contributed by atoms with van der Waals surface area (Å²) in [6.45, 7) is 2.94. The van der Waals surface area contributed by atoms with E-state index in [-0.39, 0.29) is 23.2 Å². The Morgan fingerprint density at radius 3 is 2.86 bits per heavy atom. The van der Waals surface area contributed by atoms with Crippen molar-refractivity contribution in [1.82, 2.24) is 14.8 Å². The van der Waals surface area contributed by atoms with Crippen molar-refractivity contribution in [2.75, 3.05) is 33.7 Å². The molecular weight excluding hydrogens is 377 g/mol. The van der Waals surface area contributed by atoms with Crippen LogP contribution in [0.5, 0.6) is 0 Å². The maximum Gasteiger partial charge on any atom is 0.226 e. The predicted octanol–water partition coefficient (Wildman–Crippen LogP) is 3.05. The highest BCUT2D eigenvalue weighted by molar-refractivity contribution is 7.07. The number of fused-ring (bicyclic) bond motifs is 2. The summed E-state index contributed by atoms with van der Waals surface area (Å²) < 4.78 is 19.9. The Bertz CT molecular complexity index is 832. The molecule has 7 heteroatoms. The van der Waals surface area contributed by atoms with Crippen LogP contribution in [0.3, 0.4) is 0 Å². The van der Waals surface area contributed by atoms with Crippen LogP contribution in [-0.2, 0) is 28.2 Å². The third-order valence-corrected chi connectivity index (χ3v) is 6.57. The summed E-state index contributed by atoms with van der Waals surface area (Å²) in [5.74, 6) is -0.177. The summed E-state index contributed by atoms with van der Waals surface area (Å²) in [4.78, 5) is 21.1. The summed E-state index contributed by atoms with van der Waals surface area (Å²) >= 11 is 1.56. The molecule has 1 atom stereocenters. The van der Waals surface area contributed by atoms with Gasteiger partial charge in [0.1, 0.15) is 5.82 Å². The molecule has 1 fully saturated rings. The van der Waals surface area contributed by atoms with E-state index in [2.05, 4.69) is 9.88 Å². The van der Waals surface area contributed by atoms with E-state index in [1.807, 2.05) is 17.0 Å². The van der Waals surface area contributed by atoms with E-state index >= 15 is 0 Å². The highest BCUT2D eigenvalue weighted by Gasteiger charge is 2.43. The molecular formula is C21H26FN3O2S. The number of ether oxygens (including phenoxy) is 1. The summed E-state index contributed by atoms with van der Waals surface area (Å²) in [6, 6.07) is 4.98. The number of aromatic nitrogens is 1. The van der Waals surface area contributed by atoms with Crippen molar-refractivity contribution in [2.45, 2.75) is 31.5 Å². The fraction of sp³-hybridized carbons (Fsp3) is 0.524. The van der Waals surface area contributed by atoms with Crippen molar-refractivity contribution >= 4 is 17.2 Å². The summed E-state index contributed by atoms with van der Waals surface area (Å²) in [5.41, 5.74) is 4.52. The molecule has 150 valence electrons. The van der Waals surface area contributed by atoms with E-state index in [0.717, 1.165) is 42.8 Å². The molecule has 1 aromatic carbocycles. The number of likely N-dealkylation sites (tertiary alicyclic amines) is 1. The minimum Gasteiger partial charge on any atom is -0.365 e. The van der Waals surface area contributed by atoms with Crippen molar-refractivity contribution < 1.29 is 13.9 Å². The van der Waals surface area contributed by atoms with E-state index in [4.69, 9.17) is 4.74 Å². The Hall–Kier alpha value is -1.83. The number of carbonyl (C=O) groups excluding carboxylic acids is 1. The Morgan fingerprint density at radius 1 is 1.39 bits per heavy atom. The number of halogens is 1. The van der Waals surface area contributed by atoms with Crippen molar-refractivity contribution in [3.05, 3.63) is 51.7 Å². The highest BCUT2D eigenvalue weighted by atomic mass is 32.1. The van der Waals surface area contributed by atoms with Crippen LogP contribution in [0.1, 0.15) is 29.7 Å². The van der Waals surface area contributed by atoms with Crippen LogP contribution in [0.2, 0.25) is 0 Å². The van der Waals surface area contributed by atoms with Crippen LogP contribution in [0.25, 0.3) is 0 Å². The molecule has 28 heavy (non-hydrogen) atoms. The standard InChI is InChI=1S/C21H26FN3O2S/c1-24(2)20(26)16(9-18-13-28-14-23-18)11-25-7-5-21(6-8-25)19-10-17(22)4-3-15(19)12-27-21/h3-4,10,13-14,16H,5-9,11-12H2,1-2H3. The van der Waals surface area contributed by atoms with Gasteiger partial charge in [-0.05, 0) is 36.1 Å². The fourth-order valence-corrected chi connectivity index (χ4v) is 4.97. The quantitative estimate of drug-likeness (QED) is 0.770.